The summed E-state index contributed by atoms with van der Waals surface area (Å²) >= 11 is 0. The smallest absolute Gasteiger partial charge is 0.224 e. The van der Waals surface area contributed by atoms with E-state index < -0.39 is 0 Å². The molecule has 0 aliphatic carbocycles. The number of amides is 1. The molecule has 1 fully saturated rings. The van der Waals surface area contributed by atoms with Crippen molar-refractivity contribution in [3.63, 3.8) is 0 Å². The molecule has 0 aromatic heterocycles. The molecular formula is C10H19NO2. The minimum absolute atomic E-state index is 0.0197. The fourth-order valence-electron chi connectivity index (χ4n) is 1.83. The van der Waals surface area contributed by atoms with Gasteiger partial charge in [0.2, 0.25) is 5.91 Å². The molecule has 0 spiro atoms. The number of ether oxygens (including phenoxy) is 1. The number of likely N-dealkylation sites (tertiary alicyclic amines) is 1. The number of carbonyl (C=O) groups is 1. The monoisotopic (exact) mass is 185 g/mol. The Morgan fingerprint density at radius 1 is 1.62 bits per heavy atom. The molecule has 0 bridgehead atoms. The van der Waals surface area contributed by atoms with Gasteiger partial charge < -0.3 is 9.64 Å². The molecule has 1 heterocycles. The van der Waals surface area contributed by atoms with E-state index in [1.54, 1.807) is 0 Å². The van der Waals surface area contributed by atoms with Crippen LogP contribution in [-0.2, 0) is 9.53 Å². The lowest BCUT2D eigenvalue weighted by Gasteiger charge is -2.38. The van der Waals surface area contributed by atoms with Crippen molar-refractivity contribution in [2.75, 3.05) is 6.61 Å². The molecule has 1 aliphatic rings. The van der Waals surface area contributed by atoms with Crippen molar-refractivity contribution in [2.45, 2.75) is 52.3 Å². The first-order chi connectivity index (χ1) is 6.16. The zero-order valence-corrected chi connectivity index (χ0v) is 8.75. The van der Waals surface area contributed by atoms with Gasteiger partial charge in [0.25, 0.3) is 0 Å². The van der Waals surface area contributed by atoms with E-state index in [-0.39, 0.29) is 18.2 Å². The van der Waals surface area contributed by atoms with Crippen molar-refractivity contribution >= 4 is 5.91 Å². The summed E-state index contributed by atoms with van der Waals surface area (Å²) in [5.74, 6) is 0.236. The van der Waals surface area contributed by atoms with E-state index in [9.17, 15) is 4.79 Å². The Kier molecular flexibility index (Phi) is 3.72. The predicted molar refractivity (Wildman–Crippen MR) is 51.2 cm³/mol. The van der Waals surface area contributed by atoms with Crippen molar-refractivity contribution in [1.82, 2.24) is 4.90 Å². The third-order valence-corrected chi connectivity index (χ3v) is 2.36. The fraction of sp³-hybridized carbons (Fsp3) is 0.900. The van der Waals surface area contributed by atoms with Crippen LogP contribution in [0.5, 0.6) is 0 Å². The summed E-state index contributed by atoms with van der Waals surface area (Å²) in [4.78, 5) is 13.4. The molecule has 0 N–H and O–H groups in total. The second-order valence-electron chi connectivity index (χ2n) is 3.70. The van der Waals surface area contributed by atoms with Gasteiger partial charge in [-0.2, -0.15) is 0 Å². The molecule has 1 aliphatic heterocycles. The molecule has 3 nitrogen and oxygen atoms in total. The Bertz CT molecular complexity index is 178. The van der Waals surface area contributed by atoms with Gasteiger partial charge in [-0.25, -0.2) is 0 Å². The summed E-state index contributed by atoms with van der Waals surface area (Å²) in [5.41, 5.74) is 0. The highest BCUT2D eigenvalue weighted by Gasteiger charge is 2.29. The van der Waals surface area contributed by atoms with Crippen LogP contribution in [0.3, 0.4) is 0 Å². The van der Waals surface area contributed by atoms with Crippen LogP contribution in [0, 0.1) is 0 Å². The van der Waals surface area contributed by atoms with E-state index in [2.05, 4.69) is 0 Å². The average molecular weight is 185 g/mol. The Morgan fingerprint density at radius 2 is 2.31 bits per heavy atom. The topological polar surface area (TPSA) is 29.5 Å². The highest BCUT2D eigenvalue weighted by molar-refractivity contribution is 5.77. The van der Waals surface area contributed by atoms with Crippen LogP contribution in [0.2, 0.25) is 0 Å². The van der Waals surface area contributed by atoms with Gasteiger partial charge in [-0.1, -0.05) is 0 Å². The number of hydrogen-bond donors (Lipinski definition) is 0. The van der Waals surface area contributed by atoms with E-state index in [1.807, 2.05) is 25.7 Å². The zero-order chi connectivity index (χ0) is 9.84. The Labute approximate surface area is 80.1 Å². The molecule has 1 amide bonds. The van der Waals surface area contributed by atoms with Gasteiger partial charge in [0.05, 0.1) is 0 Å². The minimum atomic E-state index is 0.0197. The van der Waals surface area contributed by atoms with E-state index >= 15 is 0 Å². The molecule has 0 radical (unpaired) electrons. The van der Waals surface area contributed by atoms with Crippen molar-refractivity contribution in [3.05, 3.63) is 0 Å². The SMILES string of the molecule is CCOC1CCCC(=O)N1C(C)C. The number of piperidine rings is 1. The lowest BCUT2D eigenvalue weighted by Crippen LogP contribution is -2.48. The summed E-state index contributed by atoms with van der Waals surface area (Å²) in [6, 6.07) is 0.254. The molecule has 1 rings (SSSR count). The summed E-state index contributed by atoms with van der Waals surface area (Å²) in [7, 11) is 0. The minimum Gasteiger partial charge on any atom is -0.359 e. The van der Waals surface area contributed by atoms with E-state index in [0.29, 0.717) is 13.0 Å². The van der Waals surface area contributed by atoms with Crippen LogP contribution in [0.4, 0.5) is 0 Å². The van der Waals surface area contributed by atoms with Gasteiger partial charge >= 0.3 is 0 Å². The Balaban J connectivity index is 2.62. The van der Waals surface area contributed by atoms with E-state index in [0.717, 1.165) is 12.8 Å². The van der Waals surface area contributed by atoms with Gasteiger partial charge in [-0.05, 0) is 33.6 Å². The fourth-order valence-corrected chi connectivity index (χ4v) is 1.83. The second-order valence-corrected chi connectivity index (χ2v) is 3.70. The average Bonchev–Trinajstić information content (AvgIpc) is 2.04. The maximum atomic E-state index is 11.6. The van der Waals surface area contributed by atoms with Crippen LogP contribution < -0.4 is 0 Å². The third kappa shape index (κ3) is 2.44. The van der Waals surface area contributed by atoms with Crippen molar-refractivity contribution < 1.29 is 9.53 Å². The van der Waals surface area contributed by atoms with Gasteiger partial charge in [0.15, 0.2) is 0 Å². The molecule has 1 atom stereocenters. The summed E-state index contributed by atoms with van der Waals surface area (Å²) < 4.78 is 5.53. The standard InChI is InChI=1S/C10H19NO2/c1-4-13-10-7-5-6-9(12)11(10)8(2)3/h8,10H,4-7H2,1-3H3. The van der Waals surface area contributed by atoms with Gasteiger partial charge in [-0.3, -0.25) is 4.79 Å². The molecule has 1 saturated heterocycles. The van der Waals surface area contributed by atoms with Crippen molar-refractivity contribution in [3.8, 4) is 0 Å². The molecule has 0 aromatic rings. The lowest BCUT2D eigenvalue weighted by atomic mass is 10.1. The number of hydrogen-bond acceptors (Lipinski definition) is 2. The van der Waals surface area contributed by atoms with Crippen LogP contribution in [0.25, 0.3) is 0 Å². The summed E-state index contributed by atoms with van der Waals surface area (Å²) in [5, 5.41) is 0. The second kappa shape index (κ2) is 4.61. The molecule has 3 heteroatoms. The number of nitrogens with zero attached hydrogens (tertiary/aromatic N) is 1. The normalized spacial score (nSPS) is 24.2. The largest absolute Gasteiger partial charge is 0.359 e. The lowest BCUT2D eigenvalue weighted by molar-refractivity contribution is -0.156. The first-order valence-corrected chi connectivity index (χ1v) is 5.09. The van der Waals surface area contributed by atoms with Crippen LogP contribution >= 0.6 is 0 Å². The highest BCUT2D eigenvalue weighted by atomic mass is 16.5. The van der Waals surface area contributed by atoms with E-state index in [4.69, 9.17) is 4.74 Å². The van der Waals surface area contributed by atoms with Gasteiger partial charge in [0, 0.05) is 19.1 Å². The van der Waals surface area contributed by atoms with E-state index in [1.165, 1.54) is 0 Å². The van der Waals surface area contributed by atoms with Crippen molar-refractivity contribution in [1.29, 1.82) is 0 Å². The molecule has 76 valence electrons. The van der Waals surface area contributed by atoms with Crippen molar-refractivity contribution in [2.24, 2.45) is 0 Å². The van der Waals surface area contributed by atoms with Gasteiger partial charge in [0.1, 0.15) is 6.23 Å². The maximum Gasteiger partial charge on any atom is 0.224 e. The quantitative estimate of drug-likeness (QED) is 0.670. The first-order valence-electron chi connectivity index (χ1n) is 5.09. The number of carbonyl (C=O) groups excluding carboxylic acids is 1. The van der Waals surface area contributed by atoms with Crippen LogP contribution in [0.1, 0.15) is 40.0 Å². The van der Waals surface area contributed by atoms with Crippen LogP contribution in [0.15, 0.2) is 0 Å². The molecular weight excluding hydrogens is 166 g/mol. The van der Waals surface area contributed by atoms with Crippen LogP contribution in [-0.4, -0.2) is 29.7 Å². The molecule has 0 aromatic carbocycles. The number of rotatable bonds is 3. The maximum absolute atomic E-state index is 11.6. The predicted octanol–water partition coefficient (Wildman–Crippen LogP) is 1.77. The Hall–Kier alpha value is -0.570. The highest BCUT2D eigenvalue weighted by Crippen LogP contribution is 2.21. The molecule has 1 unspecified atom stereocenters. The summed E-state index contributed by atoms with van der Waals surface area (Å²) in [6.45, 7) is 6.73. The molecule has 13 heavy (non-hydrogen) atoms. The molecule has 0 saturated carbocycles. The summed E-state index contributed by atoms with van der Waals surface area (Å²) in [6.07, 6.45) is 2.65. The zero-order valence-electron chi connectivity index (χ0n) is 8.75. The Morgan fingerprint density at radius 3 is 2.85 bits per heavy atom. The third-order valence-electron chi connectivity index (χ3n) is 2.36. The first kappa shape index (κ1) is 10.5. The van der Waals surface area contributed by atoms with Gasteiger partial charge in [-0.15, -0.1) is 0 Å².